The molecule has 1 heterocycles. The fourth-order valence-corrected chi connectivity index (χ4v) is 2.55. The Morgan fingerprint density at radius 1 is 1.12 bits per heavy atom. The average Bonchev–Trinajstić information content (AvgIpc) is 2.60. The minimum atomic E-state index is -0.485. The first-order valence-electron chi connectivity index (χ1n) is 8.57. The lowest BCUT2D eigenvalue weighted by Gasteiger charge is -2.33. The summed E-state index contributed by atoms with van der Waals surface area (Å²) in [6.45, 7) is 8.20. The zero-order chi connectivity index (χ0) is 17.4. The summed E-state index contributed by atoms with van der Waals surface area (Å²) in [5.74, 6) is -0.550. The monoisotopic (exact) mass is 329 g/mol. The summed E-state index contributed by atoms with van der Waals surface area (Å²) in [6.07, 6.45) is 4.25. The highest BCUT2D eigenvalue weighted by molar-refractivity contribution is 6.35. The summed E-state index contributed by atoms with van der Waals surface area (Å²) >= 11 is 0. The Balaban J connectivity index is 1.72. The van der Waals surface area contributed by atoms with Crippen LogP contribution in [-0.2, 0) is 9.59 Å². The molecule has 1 N–H and O–H groups in total. The second-order valence-electron chi connectivity index (χ2n) is 6.51. The Labute approximate surface area is 144 Å². The average molecular weight is 329 g/mol. The highest BCUT2D eigenvalue weighted by atomic mass is 16.2. The highest BCUT2D eigenvalue weighted by Crippen LogP contribution is 2.05. The van der Waals surface area contributed by atoms with Crippen molar-refractivity contribution in [3.8, 4) is 0 Å². The van der Waals surface area contributed by atoms with Gasteiger partial charge in [0.15, 0.2) is 0 Å². The van der Waals surface area contributed by atoms with Gasteiger partial charge in [0.25, 0.3) is 0 Å². The zero-order valence-corrected chi connectivity index (χ0v) is 14.6. The van der Waals surface area contributed by atoms with E-state index in [1.54, 1.807) is 4.90 Å². The minimum absolute atomic E-state index is 0.343. The van der Waals surface area contributed by atoms with Crippen molar-refractivity contribution >= 4 is 17.9 Å². The molecule has 5 heteroatoms. The molecule has 130 valence electrons. The predicted octanol–water partition coefficient (Wildman–Crippen LogP) is 1.62. The van der Waals surface area contributed by atoms with Gasteiger partial charge in [0, 0.05) is 39.3 Å². The van der Waals surface area contributed by atoms with E-state index in [4.69, 9.17) is 0 Å². The van der Waals surface area contributed by atoms with Gasteiger partial charge in [-0.15, -0.1) is 0 Å². The molecule has 0 saturated carbocycles. The van der Waals surface area contributed by atoms with E-state index >= 15 is 0 Å². The van der Waals surface area contributed by atoms with E-state index in [1.807, 2.05) is 32.0 Å². The number of rotatable bonds is 5. The molecular formula is C19H27N3O2. The predicted molar refractivity (Wildman–Crippen MR) is 96.3 cm³/mol. The number of hydrogen-bond donors (Lipinski definition) is 1. The largest absolute Gasteiger partial charge is 0.348 e. The fraction of sp³-hybridized carbons (Fsp3) is 0.474. The van der Waals surface area contributed by atoms with E-state index in [9.17, 15) is 9.59 Å². The van der Waals surface area contributed by atoms with E-state index in [1.165, 1.54) is 5.56 Å². The zero-order valence-electron chi connectivity index (χ0n) is 14.6. The molecular weight excluding hydrogens is 302 g/mol. The fourth-order valence-electron chi connectivity index (χ4n) is 2.55. The van der Waals surface area contributed by atoms with E-state index in [0.717, 1.165) is 19.6 Å². The Morgan fingerprint density at radius 2 is 1.79 bits per heavy atom. The van der Waals surface area contributed by atoms with E-state index in [0.29, 0.717) is 25.6 Å². The molecule has 0 aromatic heterocycles. The molecule has 2 amide bonds. The number of hydrogen-bond acceptors (Lipinski definition) is 3. The van der Waals surface area contributed by atoms with Crippen LogP contribution in [0.4, 0.5) is 0 Å². The minimum Gasteiger partial charge on any atom is -0.348 e. The third kappa shape index (κ3) is 5.81. The van der Waals surface area contributed by atoms with Crippen LogP contribution in [0.1, 0.15) is 19.4 Å². The molecule has 2 rings (SSSR count). The number of nitrogens with zero attached hydrogens (tertiary/aromatic N) is 2. The first kappa shape index (κ1) is 18.2. The Hall–Kier alpha value is -2.14. The van der Waals surface area contributed by atoms with Crippen molar-refractivity contribution in [3.63, 3.8) is 0 Å². The summed E-state index contributed by atoms with van der Waals surface area (Å²) in [5, 5.41) is 2.69. The number of benzene rings is 1. The van der Waals surface area contributed by atoms with Gasteiger partial charge in [-0.3, -0.25) is 14.5 Å². The van der Waals surface area contributed by atoms with E-state index < -0.39 is 11.8 Å². The van der Waals surface area contributed by atoms with E-state index in [2.05, 4.69) is 34.5 Å². The van der Waals surface area contributed by atoms with Crippen molar-refractivity contribution in [1.29, 1.82) is 0 Å². The molecule has 1 aromatic carbocycles. The molecule has 24 heavy (non-hydrogen) atoms. The number of carbonyl (C=O) groups excluding carboxylic acids is 2. The number of amides is 2. The lowest BCUT2D eigenvalue weighted by atomic mass is 10.2. The summed E-state index contributed by atoms with van der Waals surface area (Å²) in [5.41, 5.74) is 1.19. The Morgan fingerprint density at radius 3 is 2.42 bits per heavy atom. The SMILES string of the molecule is CC(C)CNC(=O)C(=O)N1CCN(C/C=C/c2ccccc2)CC1. The quantitative estimate of drug-likeness (QED) is 0.835. The summed E-state index contributed by atoms with van der Waals surface area (Å²) in [4.78, 5) is 27.9. The summed E-state index contributed by atoms with van der Waals surface area (Å²) < 4.78 is 0. The van der Waals surface area contributed by atoms with Crippen LogP contribution < -0.4 is 5.32 Å². The maximum absolute atomic E-state index is 12.1. The van der Waals surface area contributed by atoms with Crippen LogP contribution in [0, 0.1) is 5.92 Å². The lowest BCUT2D eigenvalue weighted by Crippen LogP contribution is -2.52. The van der Waals surface area contributed by atoms with Crippen LogP contribution in [-0.4, -0.2) is 60.9 Å². The third-order valence-corrected chi connectivity index (χ3v) is 4.00. The molecule has 1 aliphatic heterocycles. The number of carbonyl (C=O) groups is 2. The van der Waals surface area contributed by atoms with Gasteiger partial charge < -0.3 is 10.2 Å². The summed E-state index contributed by atoms with van der Waals surface area (Å²) in [6, 6.07) is 10.2. The van der Waals surface area contributed by atoms with Gasteiger partial charge in [-0.1, -0.05) is 56.3 Å². The van der Waals surface area contributed by atoms with Gasteiger partial charge in [0.1, 0.15) is 0 Å². The normalized spacial score (nSPS) is 15.9. The second kappa shape index (κ2) is 9.23. The van der Waals surface area contributed by atoms with Gasteiger partial charge in [0.2, 0.25) is 0 Å². The first-order valence-corrected chi connectivity index (χ1v) is 8.57. The molecule has 0 unspecified atom stereocenters. The third-order valence-electron chi connectivity index (χ3n) is 4.00. The lowest BCUT2D eigenvalue weighted by molar-refractivity contribution is -0.147. The molecule has 1 aromatic rings. The molecule has 0 bridgehead atoms. The van der Waals surface area contributed by atoms with Crippen LogP contribution in [0.5, 0.6) is 0 Å². The molecule has 0 radical (unpaired) electrons. The molecule has 1 aliphatic rings. The Kier molecular flexibility index (Phi) is 7.00. The van der Waals surface area contributed by atoms with Crippen LogP contribution in [0.25, 0.3) is 6.08 Å². The standard InChI is InChI=1S/C19H27N3O2/c1-16(2)15-20-18(23)19(24)22-13-11-21(12-14-22)10-6-9-17-7-4-3-5-8-17/h3-9,16H,10-15H2,1-2H3,(H,20,23)/b9-6+. The van der Waals surface area contributed by atoms with Crippen molar-refractivity contribution in [2.45, 2.75) is 13.8 Å². The maximum Gasteiger partial charge on any atom is 0.311 e. The number of piperazine rings is 1. The van der Waals surface area contributed by atoms with E-state index in [-0.39, 0.29) is 0 Å². The molecule has 1 fully saturated rings. The first-order chi connectivity index (χ1) is 11.6. The summed E-state index contributed by atoms with van der Waals surface area (Å²) in [7, 11) is 0. The second-order valence-corrected chi connectivity index (χ2v) is 6.51. The smallest absolute Gasteiger partial charge is 0.311 e. The molecule has 1 saturated heterocycles. The van der Waals surface area contributed by atoms with Crippen molar-refractivity contribution in [2.75, 3.05) is 39.3 Å². The van der Waals surface area contributed by atoms with Crippen molar-refractivity contribution in [2.24, 2.45) is 5.92 Å². The molecule has 0 atom stereocenters. The van der Waals surface area contributed by atoms with Crippen LogP contribution >= 0.6 is 0 Å². The molecule has 0 aliphatic carbocycles. The van der Waals surface area contributed by atoms with Crippen LogP contribution in [0.3, 0.4) is 0 Å². The Bertz CT molecular complexity index is 561. The van der Waals surface area contributed by atoms with Gasteiger partial charge in [-0.2, -0.15) is 0 Å². The van der Waals surface area contributed by atoms with Gasteiger partial charge >= 0.3 is 11.8 Å². The van der Waals surface area contributed by atoms with Gasteiger partial charge in [0.05, 0.1) is 0 Å². The van der Waals surface area contributed by atoms with Gasteiger partial charge in [-0.25, -0.2) is 0 Å². The maximum atomic E-state index is 12.1. The van der Waals surface area contributed by atoms with Crippen LogP contribution in [0.2, 0.25) is 0 Å². The molecule has 0 spiro atoms. The van der Waals surface area contributed by atoms with Crippen molar-refractivity contribution < 1.29 is 9.59 Å². The van der Waals surface area contributed by atoms with Crippen molar-refractivity contribution in [1.82, 2.24) is 15.1 Å². The topological polar surface area (TPSA) is 52.7 Å². The molecule has 5 nitrogen and oxygen atoms in total. The highest BCUT2D eigenvalue weighted by Gasteiger charge is 2.25. The number of nitrogens with one attached hydrogen (secondary N) is 1. The van der Waals surface area contributed by atoms with Crippen molar-refractivity contribution in [3.05, 3.63) is 42.0 Å². The van der Waals surface area contributed by atoms with Crippen LogP contribution in [0.15, 0.2) is 36.4 Å². The van der Waals surface area contributed by atoms with Gasteiger partial charge in [-0.05, 0) is 11.5 Å².